The molecule has 1 aromatic carbocycles. The summed E-state index contributed by atoms with van der Waals surface area (Å²) in [6.45, 7) is 4.32. The third-order valence-corrected chi connectivity index (χ3v) is 3.44. The van der Waals surface area contributed by atoms with Crippen molar-refractivity contribution in [3.8, 4) is 5.75 Å². The lowest BCUT2D eigenvalue weighted by Crippen LogP contribution is -2.17. The fourth-order valence-electron chi connectivity index (χ4n) is 1.74. The lowest BCUT2D eigenvalue weighted by molar-refractivity contribution is -0.116. The second kappa shape index (κ2) is 8.49. The number of benzene rings is 1. The summed E-state index contributed by atoms with van der Waals surface area (Å²) in [5.41, 5.74) is 6.24. The van der Waals surface area contributed by atoms with Crippen LogP contribution in [0.4, 0.5) is 5.69 Å². The first kappa shape index (κ1) is 17.3. The summed E-state index contributed by atoms with van der Waals surface area (Å²) in [5.74, 6) is 0.526. The Balaban J connectivity index is 2.72. The van der Waals surface area contributed by atoms with Gasteiger partial charge in [0, 0.05) is 17.5 Å². The predicted octanol–water partition coefficient (Wildman–Crippen LogP) is 3.96. The lowest BCUT2D eigenvalue weighted by Gasteiger charge is -2.14. The molecule has 0 saturated heterocycles. The normalized spacial score (nSPS) is 12.1. The van der Waals surface area contributed by atoms with Crippen LogP contribution in [0.15, 0.2) is 16.6 Å². The third kappa shape index (κ3) is 5.69. The Morgan fingerprint density at radius 1 is 1.55 bits per heavy atom. The Kier molecular flexibility index (Phi) is 7.34. The fraction of sp³-hybridized carbons (Fsp3) is 0.500. The highest BCUT2D eigenvalue weighted by Crippen LogP contribution is 2.36. The summed E-state index contributed by atoms with van der Waals surface area (Å²) in [5, 5.41) is 3.37. The van der Waals surface area contributed by atoms with E-state index in [0.717, 1.165) is 17.3 Å². The SMILES string of the molecule is CCOc1c(Br)cc(Cl)cc1NC(=O)CCCC(C)N. The molecule has 0 aliphatic heterocycles. The van der Waals surface area contributed by atoms with Gasteiger partial charge < -0.3 is 15.8 Å². The molecular weight excluding hydrogens is 344 g/mol. The molecule has 0 fully saturated rings. The highest BCUT2D eigenvalue weighted by molar-refractivity contribution is 9.10. The van der Waals surface area contributed by atoms with Gasteiger partial charge in [0.05, 0.1) is 16.8 Å². The summed E-state index contributed by atoms with van der Waals surface area (Å²) < 4.78 is 6.25. The van der Waals surface area contributed by atoms with Gasteiger partial charge in [-0.2, -0.15) is 0 Å². The van der Waals surface area contributed by atoms with Crippen molar-refractivity contribution in [1.82, 2.24) is 0 Å². The molecule has 1 unspecified atom stereocenters. The van der Waals surface area contributed by atoms with Crippen molar-refractivity contribution in [1.29, 1.82) is 0 Å². The molecule has 0 spiro atoms. The Bertz CT molecular complexity index is 467. The maximum absolute atomic E-state index is 11.9. The molecule has 0 aromatic heterocycles. The first-order valence-corrected chi connectivity index (χ1v) is 7.78. The van der Waals surface area contributed by atoms with Crippen molar-refractivity contribution >= 4 is 39.1 Å². The Labute approximate surface area is 133 Å². The summed E-state index contributed by atoms with van der Waals surface area (Å²) >= 11 is 9.38. The second-order valence-electron chi connectivity index (χ2n) is 4.61. The number of anilines is 1. The third-order valence-electron chi connectivity index (χ3n) is 2.63. The molecule has 1 atom stereocenters. The standard InChI is InChI=1S/C14H20BrClN2O2/c1-3-20-14-11(15)7-10(16)8-12(14)18-13(19)6-4-5-9(2)17/h7-9H,3-6,17H2,1-2H3,(H,18,19). The smallest absolute Gasteiger partial charge is 0.224 e. The van der Waals surface area contributed by atoms with Crippen LogP contribution in [0, 0.1) is 0 Å². The Morgan fingerprint density at radius 3 is 2.85 bits per heavy atom. The van der Waals surface area contributed by atoms with Gasteiger partial charge in [0.25, 0.3) is 0 Å². The zero-order chi connectivity index (χ0) is 15.1. The van der Waals surface area contributed by atoms with E-state index in [9.17, 15) is 4.79 Å². The van der Waals surface area contributed by atoms with Gasteiger partial charge in [0.15, 0.2) is 5.75 Å². The van der Waals surface area contributed by atoms with Crippen LogP contribution in [0.5, 0.6) is 5.75 Å². The molecule has 0 aliphatic rings. The number of carbonyl (C=O) groups is 1. The highest BCUT2D eigenvalue weighted by atomic mass is 79.9. The number of halogens is 2. The van der Waals surface area contributed by atoms with Crippen molar-refractivity contribution in [3.05, 3.63) is 21.6 Å². The van der Waals surface area contributed by atoms with E-state index in [2.05, 4.69) is 21.2 Å². The number of nitrogens with one attached hydrogen (secondary N) is 1. The van der Waals surface area contributed by atoms with Crippen LogP contribution in [0.25, 0.3) is 0 Å². The monoisotopic (exact) mass is 362 g/mol. The molecule has 1 aromatic rings. The van der Waals surface area contributed by atoms with E-state index in [-0.39, 0.29) is 11.9 Å². The number of hydrogen-bond acceptors (Lipinski definition) is 3. The van der Waals surface area contributed by atoms with Crippen molar-refractivity contribution < 1.29 is 9.53 Å². The maximum atomic E-state index is 11.9. The van der Waals surface area contributed by atoms with Crippen LogP contribution < -0.4 is 15.8 Å². The maximum Gasteiger partial charge on any atom is 0.224 e. The molecule has 0 heterocycles. The van der Waals surface area contributed by atoms with Crippen molar-refractivity contribution in [2.45, 2.75) is 39.2 Å². The van der Waals surface area contributed by atoms with Gasteiger partial charge >= 0.3 is 0 Å². The molecule has 0 radical (unpaired) electrons. The average Bonchev–Trinajstić information content (AvgIpc) is 2.33. The molecule has 3 N–H and O–H groups in total. The number of carbonyl (C=O) groups excluding carboxylic acids is 1. The van der Waals surface area contributed by atoms with Crippen LogP contribution in [-0.4, -0.2) is 18.6 Å². The van der Waals surface area contributed by atoms with Gasteiger partial charge in [0.1, 0.15) is 0 Å². The summed E-state index contributed by atoms with van der Waals surface area (Å²) in [4.78, 5) is 11.9. The van der Waals surface area contributed by atoms with Crippen molar-refractivity contribution in [2.24, 2.45) is 5.73 Å². The van der Waals surface area contributed by atoms with Crippen LogP contribution in [0.3, 0.4) is 0 Å². The molecule has 4 nitrogen and oxygen atoms in total. The minimum absolute atomic E-state index is 0.0687. The van der Waals surface area contributed by atoms with E-state index in [0.29, 0.717) is 29.5 Å². The Hall–Kier alpha value is -0.780. The first-order valence-electron chi connectivity index (χ1n) is 6.61. The molecular formula is C14H20BrClN2O2. The lowest BCUT2D eigenvalue weighted by atomic mass is 10.1. The van der Waals surface area contributed by atoms with Gasteiger partial charge in [-0.15, -0.1) is 0 Å². The Morgan fingerprint density at radius 2 is 2.25 bits per heavy atom. The predicted molar refractivity (Wildman–Crippen MR) is 86.5 cm³/mol. The highest BCUT2D eigenvalue weighted by Gasteiger charge is 2.13. The largest absolute Gasteiger partial charge is 0.491 e. The van der Waals surface area contributed by atoms with Crippen LogP contribution in [0.1, 0.15) is 33.1 Å². The number of nitrogens with two attached hydrogens (primary N) is 1. The number of hydrogen-bond donors (Lipinski definition) is 2. The molecule has 0 aliphatic carbocycles. The van der Waals surface area contributed by atoms with E-state index in [1.54, 1.807) is 12.1 Å². The van der Waals surface area contributed by atoms with Gasteiger partial charge in [-0.25, -0.2) is 0 Å². The van der Waals surface area contributed by atoms with E-state index in [1.165, 1.54) is 0 Å². The summed E-state index contributed by atoms with van der Waals surface area (Å²) in [6.07, 6.45) is 2.01. The van der Waals surface area contributed by atoms with Gasteiger partial charge in [-0.05, 0) is 54.8 Å². The van der Waals surface area contributed by atoms with E-state index >= 15 is 0 Å². The second-order valence-corrected chi connectivity index (χ2v) is 5.91. The molecule has 0 bridgehead atoms. The van der Waals surface area contributed by atoms with Crippen molar-refractivity contribution in [2.75, 3.05) is 11.9 Å². The van der Waals surface area contributed by atoms with Crippen LogP contribution >= 0.6 is 27.5 Å². The minimum Gasteiger partial charge on any atom is -0.491 e. The summed E-state index contributed by atoms with van der Waals surface area (Å²) in [6, 6.07) is 3.53. The zero-order valence-electron chi connectivity index (χ0n) is 11.7. The quantitative estimate of drug-likeness (QED) is 0.770. The van der Waals surface area contributed by atoms with E-state index < -0.39 is 0 Å². The molecule has 112 valence electrons. The topological polar surface area (TPSA) is 64.3 Å². The first-order chi connectivity index (χ1) is 9.43. The molecule has 1 amide bonds. The fourth-order valence-corrected chi connectivity index (χ4v) is 2.67. The van der Waals surface area contributed by atoms with Gasteiger partial charge in [0.2, 0.25) is 5.91 Å². The van der Waals surface area contributed by atoms with E-state index in [4.69, 9.17) is 22.1 Å². The van der Waals surface area contributed by atoms with E-state index in [1.807, 2.05) is 13.8 Å². The molecule has 6 heteroatoms. The van der Waals surface area contributed by atoms with Gasteiger partial charge in [-0.3, -0.25) is 4.79 Å². The van der Waals surface area contributed by atoms with Crippen LogP contribution in [0.2, 0.25) is 5.02 Å². The molecule has 20 heavy (non-hydrogen) atoms. The van der Waals surface area contributed by atoms with Crippen molar-refractivity contribution in [3.63, 3.8) is 0 Å². The number of rotatable bonds is 7. The minimum atomic E-state index is -0.0687. The number of ether oxygens (including phenoxy) is 1. The number of amides is 1. The van der Waals surface area contributed by atoms with Crippen LogP contribution in [-0.2, 0) is 4.79 Å². The molecule has 0 saturated carbocycles. The molecule has 1 rings (SSSR count). The summed E-state index contributed by atoms with van der Waals surface area (Å²) in [7, 11) is 0. The zero-order valence-corrected chi connectivity index (χ0v) is 14.1. The van der Waals surface area contributed by atoms with Gasteiger partial charge in [-0.1, -0.05) is 11.6 Å². The average molecular weight is 364 g/mol.